The van der Waals surface area contributed by atoms with Crippen LogP contribution in [0.5, 0.6) is 11.5 Å². The Kier molecular flexibility index (Phi) is 1.35. The van der Waals surface area contributed by atoms with Gasteiger partial charge in [0, 0.05) is 28.9 Å². The minimum absolute atomic E-state index is 0.0450. The fraction of sp³-hybridized carbons (Fsp3) is 0.611. The number of hydrogen-bond acceptors (Lipinski definition) is 4. The van der Waals surface area contributed by atoms with Gasteiger partial charge in [0.05, 0.1) is 12.5 Å². The third kappa shape index (κ3) is 1.27. The zero-order valence-electron chi connectivity index (χ0n) is 20.2. The van der Waals surface area contributed by atoms with Crippen molar-refractivity contribution < 1.29 is 25.2 Å². The number of ketones is 1. The molecular weight excluding hydrogens is 278 g/mol. The SMILES string of the molecule is [2H]C([2H])([2H])Oc1ccc2c3c1OC1([2H])C(=O)CC[C@]4([2H])[C@@]31CCN(C)[C@]4([2H])C2([2H])[2H]. The highest BCUT2D eigenvalue weighted by atomic mass is 16.5. The third-order valence-electron chi connectivity index (χ3n) is 5.36. The van der Waals surface area contributed by atoms with Gasteiger partial charge >= 0.3 is 0 Å². The van der Waals surface area contributed by atoms with Crippen LogP contribution in [0.3, 0.4) is 0 Å². The average molecular weight is 307 g/mol. The van der Waals surface area contributed by atoms with E-state index in [1.807, 2.05) is 0 Å². The van der Waals surface area contributed by atoms with Gasteiger partial charge in [-0.05, 0) is 50.3 Å². The molecule has 1 saturated carbocycles. The molecule has 1 spiro atoms. The molecule has 0 amide bonds. The van der Waals surface area contributed by atoms with Crippen molar-refractivity contribution in [3.05, 3.63) is 23.3 Å². The van der Waals surface area contributed by atoms with Crippen LogP contribution >= 0.6 is 0 Å². The second-order valence-electron chi connectivity index (χ2n) is 6.30. The van der Waals surface area contributed by atoms with Crippen LogP contribution in [-0.4, -0.2) is 43.4 Å². The maximum absolute atomic E-state index is 13.0. The molecular formula is C18H21NO3. The quantitative estimate of drug-likeness (QED) is 0.795. The molecule has 4 nitrogen and oxygen atoms in total. The van der Waals surface area contributed by atoms with Gasteiger partial charge in [-0.3, -0.25) is 4.79 Å². The first-order valence-corrected chi connectivity index (χ1v) is 7.48. The Hall–Kier alpha value is -1.55. The van der Waals surface area contributed by atoms with E-state index in [9.17, 15) is 7.54 Å². The molecule has 2 fully saturated rings. The molecule has 5 rings (SSSR count). The zero-order chi connectivity index (χ0) is 22.1. The molecule has 0 radical (unpaired) electrons. The molecule has 0 N–H and O–H groups in total. The van der Waals surface area contributed by atoms with Crippen LogP contribution < -0.4 is 9.47 Å². The maximum atomic E-state index is 13.0. The van der Waals surface area contributed by atoms with E-state index in [4.69, 9.17) is 17.7 Å². The maximum Gasteiger partial charge on any atom is 0.174 e. The Morgan fingerprint density at radius 3 is 3.36 bits per heavy atom. The number of Topliss-reactive ketones (excluding diaryl/α,β-unsaturated/α-hetero) is 1. The Morgan fingerprint density at radius 1 is 1.59 bits per heavy atom. The molecule has 4 heteroatoms. The van der Waals surface area contributed by atoms with Gasteiger partial charge < -0.3 is 14.4 Å². The van der Waals surface area contributed by atoms with Crippen molar-refractivity contribution in [2.75, 3.05) is 20.6 Å². The van der Waals surface area contributed by atoms with Crippen molar-refractivity contribution in [1.82, 2.24) is 4.90 Å². The Bertz CT molecular complexity index is 998. The summed E-state index contributed by atoms with van der Waals surface area (Å²) in [5.41, 5.74) is -1.42. The number of ether oxygens (including phenoxy) is 2. The lowest BCUT2D eigenvalue weighted by atomic mass is 9.52. The topological polar surface area (TPSA) is 38.8 Å². The molecule has 1 aromatic rings. The number of likely N-dealkylation sites (tertiary alicyclic amines) is 1. The summed E-state index contributed by atoms with van der Waals surface area (Å²) in [6, 6.07) is 0.518. The van der Waals surface area contributed by atoms with Crippen molar-refractivity contribution in [3.8, 4) is 11.5 Å². The van der Waals surface area contributed by atoms with Gasteiger partial charge in [0.2, 0.25) is 0 Å². The Labute approximate surface area is 141 Å². The number of carbonyl (C=O) groups is 1. The summed E-state index contributed by atoms with van der Waals surface area (Å²) in [5, 5.41) is 0. The molecule has 2 aliphatic heterocycles. The molecule has 2 aliphatic carbocycles. The van der Waals surface area contributed by atoms with E-state index in [-0.39, 0.29) is 48.4 Å². The summed E-state index contributed by atoms with van der Waals surface area (Å²) >= 11 is 0. The predicted molar refractivity (Wildman–Crippen MR) is 81.6 cm³/mol. The molecule has 1 unspecified atom stereocenters. The number of likely N-dealkylation sites (N-methyl/N-ethyl adjacent to an activating group) is 1. The van der Waals surface area contributed by atoms with E-state index in [1.165, 1.54) is 17.0 Å². The van der Waals surface area contributed by atoms with Gasteiger partial charge in [-0.25, -0.2) is 0 Å². The number of carbonyl (C=O) groups excluding carboxylic acids is 1. The standard InChI is InChI=1S/C18H21NO3/c1-19-8-7-18-11-4-5-13(20)17(18)22-16-14(21-2)6-3-10(15(16)18)9-12(11)19/h3,6,11-12,17H,4-5,7-9H2,1-2H3/t11-,12+,17?,18-/m0/s1/i2D3,9D2,11D,12D,17D. The molecule has 1 saturated heterocycles. The monoisotopic (exact) mass is 307 g/mol. The largest absolute Gasteiger partial charge is 0.493 e. The number of rotatable bonds is 1. The normalized spacial score (nSPS) is 56.7. The first kappa shape index (κ1) is 7.35. The highest BCUT2D eigenvalue weighted by Gasteiger charge is 2.65. The Balaban J connectivity index is 1.93. The van der Waals surface area contributed by atoms with Gasteiger partial charge in [0.1, 0.15) is 0 Å². The molecule has 2 bridgehead atoms. The number of hydrogen-bond donors (Lipinski definition) is 0. The second kappa shape index (κ2) is 4.05. The number of nitrogens with zero attached hydrogens (tertiary/aromatic N) is 1. The lowest BCUT2D eigenvalue weighted by Crippen LogP contribution is -2.65. The minimum Gasteiger partial charge on any atom is -0.493 e. The van der Waals surface area contributed by atoms with Crippen molar-refractivity contribution >= 4 is 5.78 Å². The molecule has 116 valence electrons. The molecule has 4 atom stereocenters. The smallest absolute Gasteiger partial charge is 0.174 e. The molecule has 0 aromatic heterocycles. The van der Waals surface area contributed by atoms with Crippen molar-refractivity contribution in [2.24, 2.45) is 5.89 Å². The fourth-order valence-corrected chi connectivity index (χ4v) is 4.41. The third-order valence-corrected chi connectivity index (χ3v) is 5.36. The van der Waals surface area contributed by atoms with Gasteiger partial charge in [-0.15, -0.1) is 0 Å². The van der Waals surface area contributed by atoms with Crippen LogP contribution in [0.1, 0.15) is 41.4 Å². The van der Waals surface area contributed by atoms with Crippen LogP contribution in [-0.2, 0) is 16.6 Å². The second-order valence-corrected chi connectivity index (χ2v) is 6.30. The zero-order valence-corrected chi connectivity index (χ0v) is 12.2. The summed E-state index contributed by atoms with van der Waals surface area (Å²) in [4.78, 5) is 14.5. The summed E-state index contributed by atoms with van der Waals surface area (Å²) in [6.45, 7) is 0.185. The molecule has 22 heavy (non-hydrogen) atoms. The van der Waals surface area contributed by atoms with E-state index in [0.29, 0.717) is 0 Å². The highest BCUT2D eigenvalue weighted by Crippen LogP contribution is 2.62. The van der Waals surface area contributed by atoms with E-state index in [0.717, 1.165) is 0 Å². The van der Waals surface area contributed by atoms with Gasteiger partial charge in [0.25, 0.3) is 0 Å². The van der Waals surface area contributed by atoms with E-state index in [1.54, 1.807) is 7.05 Å². The minimum atomic E-state index is -2.82. The first-order chi connectivity index (χ1) is 13.7. The molecule has 1 aromatic carbocycles. The van der Waals surface area contributed by atoms with E-state index >= 15 is 0 Å². The molecule has 4 aliphatic rings. The summed E-state index contributed by atoms with van der Waals surface area (Å²) in [7, 11) is -1.24. The van der Waals surface area contributed by atoms with Crippen molar-refractivity contribution in [1.29, 1.82) is 0 Å². The van der Waals surface area contributed by atoms with E-state index in [2.05, 4.69) is 0 Å². The Morgan fingerprint density at radius 2 is 2.50 bits per heavy atom. The highest BCUT2D eigenvalue weighted by molar-refractivity contribution is 5.89. The van der Waals surface area contributed by atoms with Gasteiger partial charge in [0.15, 0.2) is 23.4 Å². The summed E-state index contributed by atoms with van der Waals surface area (Å²) in [6.07, 6.45) is -4.74. The lowest BCUT2D eigenvalue weighted by molar-refractivity contribution is -0.138. The number of methoxy groups -OCH3 is 1. The van der Waals surface area contributed by atoms with Crippen LogP contribution in [0, 0.1) is 5.89 Å². The van der Waals surface area contributed by atoms with Crippen LogP contribution in [0.4, 0.5) is 0 Å². The van der Waals surface area contributed by atoms with Crippen LogP contribution in [0.15, 0.2) is 12.1 Å². The van der Waals surface area contributed by atoms with Crippen LogP contribution in [0.25, 0.3) is 0 Å². The average Bonchev–Trinajstić information content (AvgIpc) is 2.91. The number of benzene rings is 1. The number of piperidine rings is 1. The van der Waals surface area contributed by atoms with Crippen molar-refractivity contribution in [2.45, 2.75) is 43.1 Å². The summed E-state index contributed by atoms with van der Waals surface area (Å²) in [5.74, 6) is -2.81. The van der Waals surface area contributed by atoms with Crippen LogP contribution in [0.2, 0.25) is 0 Å². The first-order valence-electron chi connectivity index (χ1n) is 11.5. The van der Waals surface area contributed by atoms with E-state index < -0.39 is 42.6 Å². The van der Waals surface area contributed by atoms with Crippen molar-refractivity contribution in [3.63, 3.8) is 0 Å². The van der Waals surface area contributed by atoms with Gasteiger partial charge in [-0.1, -0.05) is 6.07 Å². The molecule has 2 heterocycles. The summed E-state index contributed by atoms with van der Waals surface area (Å²) < 4.78 is 78.8. The van der Waals surface area contributed by atoms with Gasteiger partial charge in [-0.2, -0.15) is 0 Å². The lowest BCUT2D eigenvalue weighted by Gasteiger charge is -2.57. The predicted octanol–water partition coefficient (Wildman–Crippen LogP) is 1.93. The fourth-order valence-electron chi connectivity index (χ4n) is 4.41.